The molecule has 0 aromatic carbocycles. The largest absolute Gasteiger partial charge is 0.264 e. The summed E-state index contributed by atoms with van der Waals surface area (Å²) in [5, 5.41) is 0. The highest BCUT2D eigenvalue weighted by molar-refractivity contribution is 5.04. The van der Waals surface area contributed by atoms with Crippen LogP contribution in [-0.2, 0) is 0 Å². The molecule has 0 aliphatic rings. The molecule has 11 heavy (non-hydrogen) atoms. The van der Waals surface area contributed by atoms with Crippen LogP contribution in [0.15, 0.2) is 37.2 Å². The van der Waals surface area contributed by atoms with Crippen molar-refractivity contribution in [3.8, 4) is 0 Å². The number of aryl methyl sites for hydroxylation is 1. The van der Waals surface area contributed by atoms with Crippen molar-refractivity contribution < 1.29 is 0 Å². The van der Waals surface area contributed by atoms with Crippen molar-refractivity contribution in [2.45, 2.75) is 20.3 Å². The zero-order chi connectivity index (χ0) is 8.53. The van der Waals surface area contributed by atoms with E-state index in [9.17, 15) is 0 Å². The smallest absolute Gasteiger partial charge is 0.0297 e. The van der Waals surface area contributed by atoms with Crippen molar-refractivity contribution >= 4 is 0 Å². The van der Waals surface area contributed by atoms with Gasteiger partial charge in [0.25, 0.3) is 0 Å². The lowest BCUT2D eigenvalue weighted by atomic mass is 10.3. The van der Waals surface area contributed by atoms with Crippen LogP contribution in [0, 0.1) is 6.92 Å². The van der Waals surface area contributed by atoms with E-state index in [0.29, 0.717) is 0 Å². The number of hydrogen-bond donors (Lipinski definition) is 0. The summed E-state index contributed by atoms with van der Waals surface area (Å²) in [6.07, 6.45) is 6.56. The molecule has 0 radical (unpaired) electrons. The highest BCUT2D eigenvalue weighted by Gasteiger charge is 1.73. The summed E-state index contributed by atoms with van der Waals surface area (Å²) in [5.41, 5.74) is 1.21. The Morgan fingerprint density at radius 3 is 2.45 bits per heavy atom. The standard InChI is InChI=1S/C6H7N.C4H8/c1-6-3-2-4-7-5-6;1-3-4-2/h2-5H,1H3;3H,1,4H2,2H3. The molecule has 0 aliphatic carbocycles. The minimum Gasteiger partial charge on any atom is -0.264 e. The minimum atomic E-state index is 1.08. The van der Waals surface area contributed by atoms with Crippen LogP contribution in [0.4, 0.5) is 0 Å². The van der Waals surface area contributed by atoms with Gasteiger partial charge in [-0.3, -0.25) is 4.98 Å². The zero-order valence-corrected chi connectivity index (χ0v) is 7.25. The molecule has 1 heteroatoms. The summed E-state index contributed by atoms with van der Waals surface area (Å²) in [6, 6.07) is 3.95. The third-order valence-electron chi connectivity index (χ3n) is 1.10. The van der Waals surface area contributed by atoms with Crippen LogP contribution in [-0.4, -0.2) is 4.98 Å². The van der Waals surface area contributed by atoms with E-state index in [-0.39, 0.29) is 0 Å². The van der Waals surface area contributed by atoms with Crippen LogP contribution in [0.2, 0.25) is 0 Å². The van der Waals surface area contributed by atoms with Crippen molar-refractivity contribution in [1.29, 1.82) is 0 Å². The first-order valence-corrected chi connectivity index (χ1v) is 3.78. The van der Waals surface area contributed by atoms with Gasteiger partial charge < -0.3 is 0 Å². The maximum absolute atomic E-state index is 3.88. The number of allylic oxidation sites excluding steroid dienone is 1. The molecule has 0 saturated carbocycles. The van der Waals surface area contributed by atoms with E-state index in [1.807, 2.05) is 31.3 Å². The Bertz CT molecular complexity index is 179. The fraction of sp³-hybridized carbons (Fsp3) is 0.300. The molecule has 60 valence electrons. The fourth-order valence-corrected chi connectivity index (χ4v) is 0.448. The van der Waals surface area contributed by atoms with Gasteiger partial charge in [0, 0.05) is 12.4 Å². The fourth-order valence-electron chi connectivity index (χ4n) is 0.448. The van der Waals surface area contributed by atoms with E-state index in [1.165, 1.54) is 5.56 Å². The first kappa shape index (κ1) is 9.89. The summed E-state index contributed by atoms with van der Waals surface area (Å²) in [7, 11) is 0. The molecule has 1 aromatic rings. The number of hydrogen-bond acceptors (Lipinski definition) is 1. The molecule has 0 fully saturated rings. The maximum Gasteiger partial charge on any atom is 0.0297 e. The van der Waals surface area contributed by atoms with Crippen molar-refractivity contribution in [3.05, 3.63) is 42.7 Å². The van der Waals surface area contributed by atoms with E-state index < -0.39 is 0 Å². The highest BCUT2D eigenvalue weighted by Crippen LogP contribution is 1.88. The van der Waals surface area contributed by atoms with E-state index in [2.05, 4.69) is 18.5 Å². The van der Waals surface area contributed by atoms with Crippen LogP contribution in [0.5, 0.6) is 0 Å². The molecule has 1 heterocycles. The van der Waals surface area contributed by atoms with Crippen molar-refractivity contribution in [2.75, 3.05) is 0 Å². The first-order valence-electron chi connectivity index (χ1n) is 3.78. The summed E-state index contributed by atoms with van der Waals surface area (Å²) in [6.45, 7) is 7.56. The lowest BCUT2D eigenvalue weighted by molar-refractivity contribution is 1.23. The number of rotatable bonds is 1. The first-order chi connectivity index (χ1) is 5.31. The van der Waals surface area contributed by atoms with Crippen molar-refractivity contribution in [3.63, 3.8) is 0 Å². The van der Waals surface area contributed by atoms with Crippen LogP contribution in [0.1, 0.15) is 18.9 Å². The molecule has 0 aliphatic heterocycles. The van der Waals surface area contributed by atoms with E-state index in [4.69, 9.17) is 0 Å². The Labute approximate surface area is 68.8 Å². The molecule has 0 atom stereocenters. The molecular weight excluding hydrogens is 134 g/mol. The van der Waals surface area contributed by atoms with Gasteiger partial charge in [0.15, 0.2) is 0 Å². The van der Waals surface area contributed by atoms with E-state index >= 15 is 0 Å². The average molecular weight is 149 g/mol. The summed E-state index contributed by atoms with van der Waals surface area (Å²) in [5.74, 6) is 0. The summed E-state index contributed by atoms with van der Waals surface area (Å²) in [4.78, 5) is 3.88. The van der Waals surface area contributed by atoms with Gasteiger partial charge in [-0.25, -0.2) is 0 Å². The quantitative estimate of drug-likeness (QED) is 0.559. The second-order valence-electron chi connectivity index (χ2n) is 2.23. The number of pyridine rings is 1. The van der Waals surface area contributed by atoms with Gasteiger partial charge in [-0.15, -0.1) is 6.58 Å². The van der Waals surface area contributed by atoms with Crippen molar-refractivity contribution in [2.24, 2.45) is 0 Å². The highest BCUT2D eigenvalue weighted by atomic mass is 14.6. The lowest BCUT2D eigenvalue weighted by Gasteiger charge is -1.82. The van der Waals surface area contributed by atoms with Crippen LogP contribution >= 0.6 is 0 Å². The Morgan fingerprint density at radius 1 is 1.64 bits per heavy atom. The third kappa shape index (κ3) is 6.78. The Hall–Kier alpha value is -1.11. The van der Waals surface area contributed by atoms with Gasteiger partial charge in [0.2, 0.25) is 0 Å². The third-order valence-corrected chi connectivity index (χ3v) is 1.10. The predicted molar refractivity (Wildman–Crippen MR) is 49.5 cm³/mol. The number of aromatic nitrogens is 1. The molecule has 0 bridgehead atoms. The van der Waals surface area contributed by atoms with Crippen LogP contribution in [0.3, 0.4) is 0 Å². The zero-order valence-electron chi connectivity index (χ0n) is 7.25. The predicted octanol–water partition coefficient (Wildman–Crippen LogP) is 2.97. The van der Waals surface area contributed by atoms with E-state index in [0.717, 1.165) is 6.42 Å². The van der Waals surface area contributed by atoms with E-state index in [1.54, 1.807) is 6.20 Å². The van der Waals surface area contributed by atoms with Crippen molar-refractivity contribution in [1.82, 2.24) is 4.98 Å². The van der Waals surface area contributed by atoms with Gasteiger partial charge in [-0.05, 0) is 25.0 Å². The Kier molecular flexibility index (Phi) is 6.30. The molecule has 0 unspecified atom stereocenters. The van der Waals surface area contributed by atoms with Gasteiger partial charge in [-0.1, -0.05) is 19.1 Å². The van der Waals surface area contributed by atoms with Gasteiger partial charge in [0.1, 0.15) is 0 Å². The maximum atomic E-state index is 3.88. The molecule has 0 amide bonds. The van der Waals surface area contributed by atoms with Crippen LogP contribution in [0.25, 0.3) is 0 Å². The SMILES string of the molecule is C=CCC.Cc1cccnc1. The number of nitrogens with zero attached hydrogens (tertiary/aromatic N) is 1. The molecule has 1 nitrogen and oxygen atoms in total. The lowest BCUT2D eigenvalue weighted by Crippen LogP contribution is -1.69. The van der Waals surface area contributed by atoms with Gasteiger partial charge in [0.05, 0.1) is 0 Å². The van der Waals surface area contributed by atoms with Crippen LogP contribution < -0.4 is 0 Å². The average Bonchev–Trinajstić information content (AvgIpc) is 2.07. The monoisotopic (exact) mass is 149 g/mol. The molecule has 0 spiro atoms. The molecule has 1 aromatic heterocycles. The second-order valence-corrected chi connectivity index (χ2v) is 2.23. The van der Waals surface area contributed by atoms with Gasteiger partial charge in [-0.2, -0.15) is 0 Å². The minimum absolute atomic E-state index is 1.08. The molecule has 0 saturated heterocycles. The molecule has 1 rings (SSSR count). The topological polar surface area (TPSA) is 12.9 Å². The van der Waals surface area contributed by atoms with Gasteiger partial charge >= 0.3 is 0 Å². The summed E-state index contributed by atoms with van der Waals surface area (Å²) < 4.78 is 0. The normalized spacial score (nSPS) is 7.82. The Morgan fingerprint density at radius 2 is 2.27 bits per heavy atom. The molecule has 0 N–H and O–H groups in total. The second kappa shape index (κ2) is 7.00. The Balaban J connectivity index is 0.000000218. The summed E-state index contributed by atoms with van der Waals surface area (Å²) >= 11 is 0. The molecular formula is C10H15N.